The van der Waals surface area contributed by atoms with Crippen LogP contribution in [0.25, 0.3) is 0 Å². The van der Waals surface area contributed by atoms with Gasteiger partial charge in [-0.25, -0.2) is 4.68 Å². The van der Waals surface area contributed by atoms with Crippen molar-refractivity contribution in [2.75, 3.05) is 19.6 Å². The summed E-state index contributed by atoms with van der Waals surface area (Å²) < 4.78 is 1.88. The molecule has 0 unspecified atom stereocenters. The number of hydrogen-bond donors (Lipinski definition) is 1. The fourth-order valence-electron chi connectivity index (χ4n) is 3.29. The van der Waals surface area contributed by atoms with Crippen molar-refractivity contribution in [3.8, 4) is 0 Å². The predicted octanol–water partition coefficient (Wildman–Crippen LogP) is 2.49. The molecule has 0 radical (unpaired) electrons. The molecule has 1 saturated heterocycles. The number of rotatable bonds is 7. The molecule has 0 saturated carbocycles. The average Bonchev–Trinajstić information content (AvgIpc) is 3.05. The topological polar surface area (TPSA) is 63.1 Å². The Kier molecular flexibility index (Phi) is 6.57. The SMILES string of the molecule is CCC(CC)N(CC(C)C)C(=O)c1cn(C2CCNCC2)nn1. The number of carbonyl (C=O) groups is 1. The Morgan fingerprint density at radius 1 is 1.35 bits per heavy atom. The molecule has 0 aliphatic carbocycles. The number of nitrogens with zero attached hydrogens (tertiary/aromatic N) is 4. The van der Waals surface area contributed by atoms with Crippen LogP contribution in [-0.2, 0) is 0 Å². The first-order valence-corrected chi connectivity index (χ1v) is 9.00. The Balaban J connectivity index is 2.13. The number of aromatic nitrogens is 3. The van der Waals surface area contributed by atoms with Crippen LogP contribution in [0.3, 0.4) is 0 Å². The normalized spacial score (nSPS) is 16.3. The molecule has 1 amide bonds. The van der Waals surface area contributed by atoms with Crippen LogP contribution in [0, 0.1) is 5.92 Å². The minimum Gasteiger partial charge on any atom is -0.334 e. The van der Waals surface area contributed by atoms with Gasteiger partial charge >= 0.3 is 0 Å². The van der Waals surface area contributed by atoms with Gasteiger partial charge in [0.2, 0.25) is 0 Å². The summed E-state index contributed by atoms with van der Waals surface area (Å²) in [6, 6.07) is 0.630. The monoisotopic (exact) mass is 321 g/mol. The molecule has 0 atom stereocenters. The minimum atomic E-state index is 0.0209. The van der Waals surface area contributed by atoms with Gasteiger partial charge in [0, 0.05) is 12.6 Å². The predicted molar refractivity (Wildman–Crippen MR) is 91.4 cm³/mol. The summed E-state index contributed by atoms with van der Waals surface area (Å²) in [7, 11) is 0. The zero-order valence-corrected chi connectivity index (χ0v) is 15.0. The van der Waals surface area contributed by atoms with Gasteiger partial charge in [-0.1, -0.05) is 32.9 Å². The molecule has 23 heavy (non-hydrogen) atoms. The number of hydrogen-bond acceptors (Lipinski definition) is 4. The molecule has 130 valence electrons. The van der Waals surface area contributed by atoms with E-state index in [1.54, 1.807) is 0 Å². The largest absolute Gasteiger partial charge is 0.334 e. The first kappa shape index (κ1) is 17.9. The van der Waals surface area contributed by atoms with Crippen LogP contribution in [0.5, 0.6) is 0 Å². The standard InChI is InChI=1S/C17H31N5O/c1-5-14(6-2)21(11-13(3)4)17(23)16-12-22(20-19-16)15-7-9-18-10-8-15/h12-15,18H,5-11H2,1-4H3. The summed E-state index contributed by atoms with van der Waals surface area (Å²) in [6.07, 6.45) is 5.86. The van der Waals surface area contributed by atoms with Crippen molar-refractivity contribution in [2.45, 2.75) is 65.5 Å². The molecule has 1 aromatic rings. The van der Waals surface area contributed by atoms with E-state index in [4.69, 9.17) is 0 Å². The summed E-state index contributed by atoms with van der Waals surface area (Å²) >= 11 is 0. The van der Waals surface area contributed by atoms with Crippen LogP contribution in [0.4, 0.5) is 0 Å². The molecule has 0 bridgehead atoms. The summed E-state index contributed by atoms with van der Waals surface area (Å²) in [5.41, 5.74) is 0.482. The van der Waals surface area contributed by atoms with Crippen LogP contribution in [0.2, 0.25) is 0 Å². The molecule has 1 aliphatic heterocycles. The van der Waals surface area contributed by atoms with Gasteiger partial charge in [0.1, 0.15) is 0 Å². The number of carbonyl (C=O) groups excluding carboxylic acids is 1. The first-order chi connectivity index (χ1) is 11.1. The van der Waals surface area contributed by atoms with Gasteiger partial charge in [-0.15, -0.1) is 5.10 Å². The van der Waals surface area contributed by atoms with Crippen molar-refractivity contribution in [2.24, 2.45) is 5.92 Å². The number of piperidine rings is 1. The molecular formula is C17H31N5O. The molecule has 2 heterocycles. The van der Waals surface area contributed by atoms with E-state index in [1.165, 1.54) is 0 Å². The summed E-state index contributed by atoms with van der Waals surface area (Å²) in [6.45, 7) is 11.3. The Morgan fingerprint density at radius 2 is 2.00 bits per heavy atom. The van der Waals surface area contributed by atoms with Crippen molar-refractivity contribution < 1.29 is 4.79 Å². The Morgan fingerprint density at radius 3 is 2.57 bits per heavy atom. The number of amides is 1. The summed E-state index contributed by atoms with van der Waals surface area (Å²) in [4.78, 5) is 14.9. The van der Waals surface area contributed by atoms with E-state index in [0.29, 0.717) is 17.7 Å². The second-order valence-corrected chi connectivity index (χ2v) is 6.89. The third-order valence-corrected chi connectivity index (χ3v) is 4.62. The van der Waals surface area contributed by atoms with Crippen LogP contribution in [0.1, 0.15) is 69.9 Å². The van der Waals surface area contributed by atoms with Gasteiger partial charge in [0.15, 0.2) is 5.69 Å². The molecule has 1 fully saturated rings. The third kappa shape index (κ3) is 4.53. The van der Waals surface area contributed by atoms with Crippen LogP contribution < -0.4 is 5.32 Å². The second-order valence-electron chi connectivity index (χ2n) is 6.89. The molecule has 6 heteroatoms. The highest BCUT2D eigenvalue weighted by atomic mass is 16.2. The van der Waals surface area contributed by atoms with Gasteiger partial charge in [0.05, 0.1) is 12.2 Å². The summed E-state index contributed by atoms with van der Waals surface area (Å²) in [5.74, 6) is 0.464. The van der Waals surface area contributed by atoms with Crippen LogP contribution in [-0.4, -0.2) is 51.5 Å². The molecule has 0 spiro atoms. The first-order valence-electron chi connectivity index (χ1n) is 9.00. The highest BCUT2D eigenvalue weighted by Crippen LogP contribution is 2.19. The Bertz CT molecular complexity index is 489. The molecule has 6 nitrogen and oxygen atoms in total. The lowest BCUT2D eigenvalue weighted by atomic mass is 10.1. The zero-order valence-electron chi connectivity index (χ0n) is 15.0. The van der Waals surface area contributed by atoms with E-state index < -0.39 is 0 Å². The Hall–Kier alpha value is -1.43. The molecule has 2 rings (SSSR count). The van der Waals surface area contributed by atoms with Gasteiger partial charge in [-0.3, -0.25) is 4.79 Å². The van der Waals surface area contributed by atoms with E-state index in [-0.39, 0.29) is 11.9 Å². The average molecular weight is 321 g/mol. The van der Waals surface area contributed by atoms with E-state index >= 15 is 0 Å². The van der Waals surface area contributed by atoms with Crippen molar-refractivity contribution >= 4 is 5.91 Å². The van der Waals surface area contributed by atoms with Crippen molar-refractivity contribution in [3.63, 3.8) is 0 Å². The number of nitrogens with one attached hydrogen (secondary N) is 1. The second kappa shape index (κ2) is 8.43. The quantitative estimate of drug-likeness (QED) is 0.838. The van der Waals surface area contributed by atoms with Crippen LogP contribution >= 0.6 is 0 Å². The lowest BCUT2D eigenvalue weighted by Crippen LogP contribution is -2.42. The zero-order chi connectivity index (χ0) is 16.8. The van der Waals surface area contributed by atoms with Crippen LogP contribution in [0.15, 0.2) is 6.20 Å². The van der Waals surface area contributed by atoms with Gasteiger partial charge < -0.3 is 10.2 Å². The molecule has 0 aromatic carbocycles. The lowest BCUT2D eigenvalue weighted by molar-refractivity contribution is 0.0634. The molecule has 1 aromatic heterocycles. The smallest absolute Gasteiger partial charge is 0.276 e. The highest BCUT2D eigenvalue weighted by molar-refractivity contribution is 5.92. The van der Waals surface area contributed by atoms with Gasteiger partial charge in [-0.2, -0.15) is 0 Å². The van der Waals surface area contributed by atoms with Crippen molar-refractivity contribution in [1.82, 2.24) is 25.2 Å². The van der Waals surface area contributed by atoms with Gasteiger partial charge in [-0.05, 0) is 44.7 Å². The maximum Gasteiger partial charge on any atom is 0.276 e. The Labute approximate surface area is 139 Å². The highest BCUT2D eigenvalue weighted by Gasteiger charge is 2.26. The maximum atomic E-state index is 12.9. The van der Waals surface area contributed by atoms with E-state index in [9.17, 15) is 4.79 Å². The molecular weight excluding hydrogens is 290 g/mol. The summed E-state index contributed by atoms with van der Waals surface area (Å²) in [5, 5.41) is 11.7. The van der Waals surface area contributed by atoms with Crippen molar-refractivity contribution in [3.05, 3.63) is 11.9 Å². The van der Waals surface area contributed by atoms with E-state index in [1.807, 2.05) is 15.8 Å². The molecule has 1 N–H and O–H groups in total. The molecule has 1 aliphatic rings. The lowest BCUT2D eigenvalue weighted by Gasteiger charge is -2.31. The van der Waals surface area contributed by atoms with E-state index in [2.05, 4.69) is 43.3 Å². The third-order valence-electron chi connectivity index (χ3n) is 4.62. The fourth-order valence-corrected chi connectivity index (χ4v) is 3.29. The van der Waals surface area contributed by atoms with Crippen molar-refractivity contribution in [1.29, 1.82) is 0 Å². The maximum absolute atomic E-state index is 12.9. The van der Waals surface area contributed by atoms with Gasteiger partial charge in [0.25, 0.3) is 5.91 Å². The fraction of sp³-hybridized carbons (Fsp3) is 0.824. The van der Waals surface area contributed by atoms with E-state index in [0.717, 1.165) is 45.3 Å². The minimum absolute atomic E-state index is 0.0209.